The number of halogens is 1. The summed E-state index contributed by atoms with van der Waals surface area (Å²) in [6.07, 6.45) is 1.59. The SMILES string of the molecule is COc1ccc(F)cc1C(=O)C(=O)N1CCCC(c2n[nH]c(C)n2)C1. The van der Waals surface area contributed by atoms with Crippen LogP contribution in [-0.2, 0) is 4.79 Å². The van der Waals surface area contributed by atoms with Crippen LogP contribution in [0.3, 0.4) is 0 Å². The zero-order chi connectivity index (χ0) is 18.0. The van der Waals surface area contributed by atoms with Crippen molar-refractivity contribution in [2.75, 3.05) is 20.2 Å². The fraction of sp³-hybridized carbons (Fsp3) is 0.412. The van der Waals surface area contributed by atoms with E-state index in [9.17, 15) is 14.0 Å². The summed E-state index contributed by atoms with van der Waals surface area (Å²) in [6.45, 7) is 2.64. The van der Waals surface area contributed by atoms with Gasteiger partial charge in [-0.15, -0.1) is 0 Å². The molecule has 1 saturated heterocycles. The number of ketones is 1. The third-order valence-electron chi connectivity index (χ3n) is 4.29. The number of carbonyl (C=O) groups excluding carboxylic acids is 2. The van der Waals surface area contributed by atoms with E-state index in [1.54, 1.807) is 0 Å². The van der Waals surface area contributed by atoms with Crippen LogP contribution in [0, 0.1) is 12.7 Å². The molecule has 25 heavy (non-hydrogen) atoms. The third-order valence-corrected chi connectivity index (χ3v) is 4.29. The molecule has 1 aromatic carbocycles. The number of piperidine rings is 1. The number of methoxy groups -OCH3 is 1. The average Bonchev–Trinajstić information content (AvgIpc) is 3.07. The van der Waals surface area contributed by atoms with Crippen molar-refractivity contribution in [3.8, 4) is 5.75 Å². The first kappa shape index (κ1) is 17.1. The highest BCUT2D eigenvalue weighted by Gasteiger charge is 2.32. The van der Waals surface area contributed by atoms with Crippen LogP contribution in [0.4, 0.5) is 4.39 Å². The van der Waals surface area contributed by atoms with Gasteiger partial charge in [-0.05, 0) is 38.0 Å². The van der Waals surface area contributed by atoms with Crippen LogP contribution in [0.15, 0.2) is 18.2 Å². The minimum atomic E-state index is -0.775. The second-order valence-electron chi connectivity index (χ2n) is 6.04. The van der Waals surface area contributed by atoms with Gasteiger partial charge in [0, 0.05) is 19.0 Å². The highest BCUT2D eigenvalue weighted by atomic mass is 19.1. The van der Waals surface area contributed by atoms with E-state index in [0.29, 0.717) is 24.7 Å². The van der Waals surface area contributed by atoms with Gasteiger partial charge in [0.1, 0.15) is 17.4 Å². The summed E-state index contributed by atoms with van der Waals surface area (Å²) in [7, 11) is 1.37. The van der Waals surface area contributed by atoms with E-state index < -0.39 is 17.5 Å². The summed E-state index contributed by atoms with van der Waals surface area (Å²) in [5.41, 5.74) is -0.0663. The van der Waals surface area contributed by atoms with E-state index in [4.69, 9.17) is 4.74 Å². The molecule has 0 saturated carbocycles. The predicted octanol–water partition coefficient (Wildman–Crippen LogP) is 1.85. The lowest BCUT2D eigenvalue weighted by atomic mass is 9.96. The number of H-pyrrole nitrogens is 1. The molecule has 8 heteroatoms. The molecule has 1 aliphatic heterocycles. The first-order valence-electron chi connectivity index (χ1n) is 8.05. The van der Waals surface area contributed by atoms with Crippen molar-refractivity contribution in [1.82, 2.24) is 20.1 Å². The first-order chi connectivity index (χ1) is 12.0. The second-order valence-corrected chi connectivity index (χ2v) is 6.04. The number of aromatic amines is 1. The smallest absolute Gasteiger partial charge is 0.295 e. The topological polar surface area (TPSA) is 88.2 Å². The lowest BCUT2D eigenvalue weighted by molar-refractivity contribution is -0.127. The average molecular weight is 346 g/mol. The van der Waals surface area contributed by atoms with Gasteiger partial charge in [0.15, 0.2) is 5.82 Å². The molecule has 2 aromatic rings. The van der Waals surface area contributed by atoms with E-state index >= 15 is 0 Å². The van der Waals surface area contributed by atoms with E-state index in [0.717, 1.165) is 18.9 Å². The normalized spacial score (nSPS) is 17.4. The van der Waals surface area contributed by atoms with Crippen molar-refractivity contribution in [1.29, 1.82) is 0 Å². The van der Waals surface area contributed by atoms with E-state index in [1.165, 1.54) is 24.1 Å². The molecule has 7 nitrogen and oxygen atoms in total. The number of nitrogens with zero attached hydrogens (tertiary/aromatic N) is 3. The molecule has 0 aliphatic carbocycles. The Balaban J connectivity index is 1.78. The van der Waals surface area contributed by atoms with Crippen molar-refractivity contribution in [3.05, 3.63) is 41.2 Å². The van der Waals surface area contributed by atoms with Crippen molar-refractivity contribution < 1.29 is 18.7 Å². The van der Waals surface area contributed by atoms with Crippen LogP contribution in [-0.4, -0.2) is 52.0 Å². The number of likely N-dealkylation sites (tertiary alicyclic amines) is 1. The number of aromatic nitrogens is 3. The Morgan fingerprint density at radius 2 is 2.20 bits per heavy atom. The highest BCUT2D eigenvalue weighted by Crippen LogP contribution is 2.26. The number of amides is 1. The Kier molecular flexibility index (Phi) is 4.78. The maximum absolute atomic E-state index is 13.5. The molecular formula is C17H19FN4O3. The third kappa shape index (κ3) is 3.52. The molecule has 132 valence electrons. The number of benzene rings is 1. The molecule has 1 amide bonds. The van der Waals surface area contributed by atoms with E-state index in [2.05, 4.69) is 15.2 Å². The van der Waals surface area contributed by atoms with Gasteiger partial charge >= 0.3 is 0 Å². The number of hydrogen-bond donors (Lipinski definition) is 1. The zero-order valence-electron chi connectivity index (χ0n) is 14.1. The Morgan fingerprint density at radius 3 is 2.88 bits per heavy atom. The van der Waals surface area contributed by atoms with Gasteiger partial charge in [-0.2, -0.15) is 5.10 Å². The Hall–Kier alpha value is -2.77. The fourth-order valence-corrected chi connectivity index (χ4v) is 3.03. The quantitative estimate of drug-likeness (QED) is 0.674. The standard InChI is InChI=1S/C17H19FN4O3/c1-10-19-16(21-20-10)11-4-3-7-22(9-11)17(24)15(23)13-8-12(18)5-6-14(13)25-2/h5-6,8,11H,3-4,7,9H2,1-2H3,(H,19,20,21). The van der Waals surface area contributed by atoms with Crippen LogP contribution in [0.1, 0.15) is 40.8 Å². The van der Waals surface area contributed by atoms with Crippen LogP contribution >= 0.6 is 0 Å². The molecule has 1 unspecified atom stereocenters. The van der Waals surface area contributed by atoms with Crippen molar-refractivity contribution >= 4 is 11.7 Å². The molecule has 1 N–H and O–H groups in total. The van der Waals surface area contributed by atoms with Gasteiger partial charge < -0.3 is 9.64 Å². The Morgan fingerprint density at radius 1 is 1.40 bits per heavy atom. The highest BCUT2D eigenvalue weighted by molar-refractivity contribution is 6.43. The molecule has 3 rings (SSSR count). The number of ether oxygens (including phenoxy) is 1. The number of nitrogens with one attached hydrogen (secondary N) is 1. The maximum atomic E-state index is 13.5. The number of hydrogen-bond acceptors (Lipinski definition) is 5. The lowest BCUT2D eigenvalue weighted by Crippen LogP contribution is -2.43. The van der Waals surface area contributed by atoms with Crippen molar-refractivity contribution in [2.45, 2.75) is 25.7 Å². The van der Waals surface area contributed by atoms with Gasteiger partial charge in [-0.25, -0.2) is 9.37 Å². The molecule has 1 atom stereocenters. The summed E-state index contributed by atoms with van der Waals surface area (Å²) in [4.78, 5) is 30.9. The lowest BCUT2D eigenvalue weighted by Gasteiger charge is -2.31. The molecule has 0 radical (unpaired) electrons. The van der Waals surface area contributed by atoms with Gasteiger partial charge in [0.05, 0.1) is 12.7 Å². The van der Waals surface area contributed by atoms with Crippen molar-refractivity contribution in [2.24, 2.45) is 0 Å². The summed E-state index contributed by atoms with van der Waals surface area (Å²) >= 11 is 0. The molecule has 2 heterocycles. The van der Waals surface area contributed by atoms with Crippen LogP contribution in [0.25, 0.3) is 0 Å². The molecule has 0 bridgehead atoms. The summed E-state index contributed by atoms with van der Waals surface area (Å²) < 4.78 is 18.6. The number of carbonyl (C=O) groups is 2. The van der Waals surface area contributed by atoms with Gasteiger partial charge in [0.2, 0.25) is 0 Å². The minimum Gasteiger partial charge on any atom is -0.496 e. The summed E-state index contributed by atoms with van der Waals surface area (Å²) in [5.74, 6) is -0.527. The monoisotopic (exact) mass is 346 g/mol. The Labute approximate surface area is 144 Å². The maximum Gasteiger partial charge on any atom is 0.295 e. The van der Waals surface area contributed by atoms with Crippen molar-refractivity contribution in [3.63, 3.8) is 0 Å². The second kappa shape index (κ2) is 7.00. The van der Waals surface area contributed by atoms with E-state index in [1.807, 2.05) is 6.92 Å². The molecule has 1 fully saturated rings. The summed E-state index contributed by atoms with van der Waals surface area (Å²) in [5, 5.41) is 6.94. The van der Waals surface area contributed by atoms with Gasteiger partial charge in [-0.3, -0.25) is 14.7 Å². The van der Waals surface area contributed by atoms with Crippen LogP contribution < -0.4 is 4.74 Å². The van der Waals surface area contributed by atoms with E-state index in [-0.39, 0.29) is 17.2 Å². The summed E-state index contributed by atoms with van der Waals surface area (Å²) in [6, 6.07) is 3.55. The molecule has 0 spiro atoms. The fourth-order valence-electron chi connectivity index (χ4n) is 3.03. The largest absolute Gasteiger partial charge is 0.496 e. The molecule has 1 aliphatic rings. The number of aryl methyl sites for hydroxylation is 1. The van der Waals surface area contributed by atoms with Gasteiger partial charge in [-0.1, -0.05) is 0 Å². The predicted molar refractivity (Wildman–Crippen MR) is 87.0 cm³/mol. The number of rotatable bonds is 4. The molecular weight excluding hydrogens is 327 g/mol. The minimum absolute atomic E-state index is 0.0233. The molecule has 1 aromatic heterocycles. The number of Topliss-reactive ketones (excluding diaryl/α,β-unsaturated/α-hetero) is 1. The Bertz CT molecular complexity index is 805. The van der Waals surface area contributed by atoms with Crippen LogP contribution in [0.2, 0.25) is 0 Å². The zero-order valence-corrected chi connectivity index (χ0v) is 14.1. The van der Waals surface area contributed by atoms with Gasteiger partial charge in [0.25, 0.3) is 11.7 Å². The first-order valence-corrected chi connectivity index (χ1v) is 8.05. The van der Waals surface area contributed by atoms with Crippen LogP contribution in [0.5, 0.6) is 5.75 Å².